The van der Waals surface area contributed by atoms with Crippen LogP contribution in [0.3, 0.4) is 0 Å². The van der Waals surface area contributed by atoms with Crippen molar-refractivity contribution in [1.29, 1.82) is 0 Å². The number of alkyl halides is 3. The monoisotopic (exact) mass is 322 g/mol. The van der Waals surface area contributed by atoms with E-state index in [-0.39, 0.29) is 6.61 Å². The van der Waals surface area contributed by atoms with Gasteiger partial charge in [-0.15, -0.1) is 0 Å². The molecule has 0 aromatic carbocycles. The second kappa shape index (κ2) is 7.96. The van der Waals surface area contributed by atoms with Crippen LogP contribution in [0.1, 0.15) is 11.9 Å². The topological polar surface area (TPSA) is 49.1 Å². The number of ether oxygens (including phenoxy) is 1. The van der Waals surface area contributed by atoms with Crippen molar-refractivity contribution in [3.05, 3.63) is 24.2 Å². The number of rotatable bonds is 7. The molecule has 0 unspecified atom stereocenters. The van der Waals surface area contributed by atoms with Crippen LogP contribution in [0.2, 0.25) is 0 Å². The molecule has 22 heavy (non-hydrogen) atoms. The van der Waals surface area contributed by atoms with Gasteiger partial charge in [0.05, 0.1) is 12.9 Å². The molecular weight excluding hydrogens is 301 g/mol. The molecule has 1 N–H and O–H groups in total. The van der Waals surface area contributed by atoms with E-state index in [1.54, 1.807) is 12.1 Å². The molecule has 2 rings (SSSR count). The molecular formula is C14H21F3N2O3. The zero-order valence-electron chi connectivity index (χ0n) is 12.3. The molecule has 1 aliphatic heterocycles. The van der Waals surface area contributed by atoms with Gasteiger partial charge in [0.1, 0.15) is 18.5 Å². The molecule has 1 aromatic heterocycles. The largest absolute Gasteiger partial charge is 0.467 e. The van der Waals surface area contributed by atoms with E-state index in [1.807, 2.05) is 0 Å². The molecule has 0 radical (unpaired) electrons. The summed E-state index contributed by atoms with van der Waals surface area (Å²) in [5, 5.41) is 10.0. The molecule has 2 heterocycles. The quantitative estimate of drug-likeness (QED) is 0.771. The Labute approximate surface area is 127 Å². The van der Waals surface area contributed by atoms with Crippen LogP contribution in [0.25, 0.3) is 0 Å². The summed E-state index contributed by atoms with van der Waals surface area (Å²) in [6, 6.07) is 3.47. The van der Waals surface area contributed by atoms with Crippen molar-refractivity contribution in [2.24, 2.45) is 0 Å². The second-order valence-corrected chi connectivity index (χ2v) is 5.34. The zero-order valence-corrected chi connectivity index (χ0v) is 12.3. The molecule has 0 spiro atoms. The molecule has 126 valence electrons. The lowest BCUT2D eigenvalue weighted by Crippen LogP contribution is -2.48. The number of piperazine rings is 1. The molecule has 1 atom stereocenters. The number of aliphatic hydroxyl groups is 1. The van der Waals surface area contributed by atoms with Gasteiger partial charge in [0.2, 0.25) is 0 Å². The second-order valence-electron chi connectivity index (χ2n) is 5.34. The van der Waals surface area contributed by atoms with Gasteiger partial charge < -0.3 is 14.3 Å². The van der Waals surface area contributed by atoms with Crippen LogP contribution in [0, 0.1) is 0 Å². The number of hydrogen-bond acceptors (Lipinski definition) is 5. The van der Waals surface area contributed by atoms with Crippen LogP contribution in [-0.2, 0) is 4.74 Å². The lowest BCUT2D eigenvalue weighted by Gasteiger charge is -2.35. The maximum absolute atomic E-state index is 11.9. The Morgan fingerprint density at radius 3 is 2.50 bits per heavy atom. The van der Waals surface area contributed by atoms with Gasteiger partial charge in [0.25, 0.3) is 0 Å². The van der Waals surface area contributed by atoms with E-state index in [1.165, 1.54) is 6.26 Å². The Morgan fingerprint density at radius 1 is 1.23 bits per heavy atom. The van der Waals surface area contributed by atoms with Crippen molar-refractivity contribution in [1.82, 2.24) is 9.80 Å². The van der Waals surface area contributed by atoms with E-state index in [9.17, 15) is 18.3 Å². The summed E-state index contributed by atoms with van der Waals surface area (Å²) in [4.78, 5) is 4.17. The van der Waals surface area contributed by atoms with Crippen LogP contribution < -0.4 is 0 Å². The summed E-state index contributed by atoms with van der Waals surface area (Å²) in [6.07, 6.45) is -3.39. The third kappa shape index (κ3) is 5.96. The Kier molecular flexibility index (Phi) is 6.25. The van der Waals surface area contributed by atoms with E-state index >= 15 is 0 Å². The van der Waals surface area contributed by atoms with Gasteiger partial charge in [0, 0.05) is 39.3 Å². The first kappa shape index (κ1) is 17.3. The summed E-state index contributed by atoms with van der Waals surface area (Å²) < 4.78 is 45.6. The van der Waals surface area contributed by atoms with Crippen LogP contribution in [0.15, 0.2) is 22.8 Å². The first-order valence-electron chi connectivity index (χ1n) is 7.25. The third-order valence-electron chi connectivity index (χ3n) is 3.59. The number of hydrogen-bond donors (Lipinski definition) is 1. The van der Waals surface area contributed by atoms with Gasteiger partial charge in [-0.05, 0) is 12.1 Å². The lowest BCUT2D eigenvalue weighted by molar-refractivity contribution is -0.174. The van der Waals surface area contributed by atoms with E-state index in [0.717, 1.165) is 26.2 Å². The average molecular weight is 322 g/mol. The SMILES string of the molecule is O[C@H](CN1CCN(CCOCC(F)(F)F)CC1)c1ccco1. The Hall–Kier alpha value is -1.09. The predicted molar refractivity (Wildman–Crippen MR) is 73.4 cm³/mol. The highest BCUT2D eigenvalue weighted by molar-refractivity contribution is 5.02. The minimum Gasteiger partial charge on any atom is -0.467 e. The van der Waals surface area contributed by atoms with Gasteiger partial charge in [-0.25, -0.2) is 0 Å². The summed E-state index contributed by atoms with van der Waals surface area (Å²) in [7, 11) is 0. The zero-order chi connectivity index (χ0) is 16.0. The van der Waals surface area contributed by atoms with Crippen molar-refractivity contribution in [2.75, 3.05) is 52.5 Å². The molecule has 0 bridgehead atoms. The normalized spacial score (nSPS) is 19.5. The first-order chi connectivity index (χ1) is 10.4. The van der Waals surface area contributed by atoms with E-state index in [0.29, 0.717) is 18.8 Å². The summed E-state index contributed by atoms with van der Waals surface area (Å²) in [6.45, 7) is 2.89. The van der Waals surface area contributed by atoms with Crippen molar-refractivity contribution >= 4 is 0 Å². The van der Waals surface area contributed by atoms with Gasteiger partial charge in [-0.3, -0.25) is 9.80 Å². The molecule has 0 amide bonds. The fraction of sp³-hybridized carbons (Fsp3) is 0.714. The molecule has 8 heteroatoms. The van der Waals surface area contributed by atoms with Crippen LogP contribution in [0.5, 0.6) is 0 Å². The van der Waals surface area contributed by atoms with Crippen LogP contribution >= 0.6 is 0 Å². The summed E-state index contributed by atoms with van der Waals surface area (Å²) in [5.74, 6) is 0.544. The Morgan fingerprint density at radius 2 is 1.91 bits per heavy atom. The van der Waals surface area contributed by atoms with Crippen molar-refractivity contribution in [3.8, 4) is 0 Å². The third-order valence-corrected chi connectivity index (χ3v) is 3.59. The molecule has 1 fully saturated rings. The smallest absolute Gasteiger partial charge is 0.411 e. The highest BCUT2D eigenvalue weighted by Gasteiger charge is 2.27. The molecule has 0 aliphatic carbocycles. The van der Waals surface area contributed by atoms with Crippen molar-refractivity contribution in [2.45, 2.75) is 12.3 Å². The maximum Gasteiger partial charge on any atom is 0.411 e. The standard InChI is InChI=1S/C14H21F3N2O3/c15-14(16,17)11-21-9-7-18-3-5-19(6-4-18)10-12(20)13-2-1-8-22-13/h1-2,8,12,20H,3-7,9-11H2/t12-/m1/s1. The number of nitrogens with zero attached hydrogens (tertiary/aromatic N) is 2. The van der Waals surface area contributed by atoms with Crippen LogP contribution in [0.4, 0.5) is 13.2 Å². The fourth-order valence-corrected chi connectivity index (χ4v) is 2.39. The molecule has 5 nitrogen and oxygen atoms in total. The molecule has 1 aliphatic rings. The van der Waals surface area contributed by atoms with Crippen molar-refractivity contribution < 1.29 is 27.4 Å². The first-order valence-corrected chi connectivity index (χ1v) is 7.25. The van der Waals surface area contributed by atoms with E-state index < -0.39 is 18.9 Å². The predicted octanol–water partition coefficient (Wildman–Crippen LogP) is 1.51. The average Bonchev–Trinajstić information content (AvgIpc) is 2.98. The molecule has 1 aromatic rings. The minimum atomic E-state index is -4.26. The van der Waals surface area contributed by atoms with Crippen LogP contribution in [-0.4, -0.2) is 73.6 Å². The fourth-order valence-electron chi connectivity index (χ4n) is 2.39. The Bertz CT molecular complexity index is 417. The highest BCUT2D eigenvalue weighted by Crippen LogP contribution is 2.16. The van der Waals surface area contributed by atoms with E-state index in [4.69, 9.17) is 4.42 Å². The number of aliphatic hydroxyl groups excluding tert-OH is 1. The number of β-amino-alcohol motifs (C(OH)–C–C–N with tert-alkyl or cyclic N) is 1. The molecule has 1 saturated heterocycles. The summed E-state index contributed by atoms with van der Waals surface area (Å²) in [5.41, 5.74) is 0. The summed E-state index contributed by atoms with van der Waals surface area (Å²) >= 11 is 0. The van der Waals surface area contributed by atoms with Gasteiger partial charge in [-0.2, -0.15) is 13.2 Å². The number of furan rings is 1. The van der Waals surface area contributed by atoms with Gasteiger partial charge in [0.15, 0.2) is 0 Å². The Balaban J connectivity index is 1.59. The van der Waals surface area contributed by atoms with Gasteiger partial charge >= 0.3 is 6.18 Å². The lowest BCUT2D eigenvalue weighted by atomic mass is 10.2. The highest BCUT2D eigenvalue weighted by atomic mass is 19.4. The maximum atomic E-state index is 11.9. The van der Waals surface area contributed by atoms with Gasteiger partial charge in [-0.1, -0.05) is 0 Å². The van der Waals surface area contributed by atoms with E-state index in [2.05, 4.69) is 14.5 Å². The number of halogens is 3. The minimum absolute atomic E-state index is 0.0779. The molecule has 0 saturated carbocycles. The van der Waals surface area contributed by atoms with Crippen molar-refractivity contribution in [3.63, 3.8) is 0 Å².